The van der Waals surface area contributed by atoms with Crippen LogP contribution in [0.3, 0.4) is 0 Å². The number of nitrogens with one attached hydrogen (secondary N) is 1. The van der Waals surface area contributed by atoms with Crippen molar-refractivity contribution in [3.05, 3.63) is 35.9 Å². The van der Waals surface area contributed by atoms with E-state index in [1.807, 2.05) is 51.1 Å². The summed E-state index contributed by atoms with van der Waals surface area (Å²) in [6.07, 6.45) is 3.01. The number of aliphatic hydroxyl groups is 1. The number of hydrogen-bond acceptors (Lipinski definition) is 5. The number of nitrogens with zero attached hydrogens (tertiary/aromatic N) is 2. The van der Waals surface area contributed by atoms with Crippen LogP contribution in [0.1, 0.15) is 51.6 Å². The first-order valence-electron chi connectivity index (χ1n) is 11.5. The van der Waals surface area contributed by atoms with E-state index in [4.69, 9.17) is 4.74 Å². The van der Waals surface area contributed by atoms with E-state index in [2.05, 4.69) is 8.20 Å². The molecule has 0 spiro atoms. The first kappa shape index (κ1) is 24.4. The van der Waals surface area contributed by atoms with Crippen molar-refractivity contribution >= 4 is 33.7 Å². The Balaban J connectivity index is 1.59. The molecule has 0 aromatic heterocycles. The number of benzene rings is 1. The summed E-state index contributed by atoms with van der Waals surface area (Å²) in [6.45, 7) is 8.57. The standard InChI is InChI=1S/C14H19NO2.C9H17N2O2.In/c1-2-3-5-10-14(17)15-13(11-16)12-8-6-4-7-9-12;1-9(2,3)13-8(12)11-6-4-10-5-7-11;/h4,6-10,13,16H,1-3,5,11H2,(H,15,17);4-7H2,1-3H3;/q;-1;+1/t13-;;/m1../s1. The van der Waals surface area contributed by atoms with Gasteiger partial charge in [0.1, 0.15) is 0 Å². The minimum absolute atomic E-state index is 0.1000. The Kier molecular flexibility index (Phi) is 8.70. The fourth-order valence-corrected chi connectivity index (χ4v) is 15.9. The molecule has 1 aromatic rings. The summed E-state index contributed by atoms with van der Waals surface area (Å²) in [4.78, 5) is 27.4. The van der Waals surface area contributed by atoms with Crippen LogP contribution < -0.4 is 5.32 Å². The van der Waals surface area contributed by atoms with Crippen molar-refractivity contribution < 1.29 is 19.4 Å². The minimum atomic E-state index is -2.33. The zero-order valence-corrected chi connectivity index (χ0v) is 22.3. The normalized spacial score (nSPS) is 21.5. The van der Waals surface area contributed by atoms with Gasteiger partial charge in [-0.3, -0.25) is 0 Å². The van der Waals surface area contributed by atoms with Crippen LogP contribution >= 0.6 is 0 Å². The van der Waals surface area contributed by atoms with E-state index in [9.17, 15) is 14.7 Å². The average molecular weight is 533 g/mol. The van der Waals surface area contributed by atoms with Crippen LogP contribution in [0, 0.1) is 0 Å². The third kappa shape index (κ3) is 6.86. The monoisotopic (exact) mass is 533 g/mol. The second-order valence-corrected chi connectivity index (χ2v) is 18.9. The second-order valence-electron chi connectivity index (χ2n) is 9.62. The Hall–Kier alpha value is -1.25. The number of rotatable bonds is 5. The molecule has 7 nitrogen and oxygen atoms in total. The summed E-state index contributed by atoms with van der Waals surface area (Å²) in [5, 5.41) is 13.0. The first-order valence-corrected chi connectivity index (χ1v) is 17.2. The summed E-state index contributed by atoms with van der Waals surface area (Å²) >= 11 is -2.33. The van der Waals surface area contributed by atoms with Gasteiger partial charge in [0.2, 0.25) is 0 Å². The van der Waals surface area contributed by atoms with E-state index >= 15 is 0 Å². The number of amides is 2. The van der Waals surface area contributed by atoms with Gasteiger partial charge in [-0.2, -0.15) is 0 Å². The first-order chi connectivity index (χ1) is 14.8. The number of hydrogen-bond donors (Lipinski definition) is 2. The zero-order valence-electron chi connectivity index (χ0n) is 19.0. The third-order valence-corrected chi connectivity index (χ3v) is 17.7. The molecule has 8 heteroatoms. The molecular formula is C23H36InN3O4. The van der Waals surface area contributed by atoms with Crippen LogP contribution in [0.2, 0.25) is 7.85 Å². The maximum absolute atomic E-state index is 13.2. The number of carbonyl (C=O) groups excluding carboxylic acids is 2. The van der Waals surface area contributed by atoms with Crippen molar-refractivity contribution in [2.45, 2.75) is 59.5 Å². The summed E-state index contributed by atoms with van der Waals surface area (Å²) in [5.41, 5.74) is 0.453. The molecule has 2 aliphatic heterocycles. The molecule has 0 saturated carbocycles. The Bertz CT molecular complexity index is 732. The molecule has 2 aliphatic rings. The summed E-state index contributed by atoms with van der Waals surface area (Å²) in [6, 6.07) is 9.32. The van der Waals surface area contributed by atoms with Crippen molar-refractivity contribution in [3.8, 4) is 0 Å². The molecule has 0 bridgehead atoms. The van der Waals surface area contributed by atoms with Crippen LogP contribution in [0.5, 0.6) is 0 Å². The molecule has 2 N–H and O–H groups in total. The van der Waals surface area contributed by atoms with E-state index < -0.39 is 27.3 Å². The molecular weight excluding hydrogens is 497 g/mol. The topological polar surface area (TPSA) is 82.1 Å². The zero-order chi connectivity index (χ0) is 22.4. The van der Waals surface area contributed by atoms with Gasteiger partial charge in [0.25, 0.3) is 0 Å². The third-order valence-electron chi connectivity index (χ3n) is 6.20. The van der Waals surface area contributed by atoms with Crippen LogP contribution in [-0.4, -0.2) is 85.0 Å². The van der Waals surface area contributed by atoms with Gasteiger partial charge in [-0.15, -0.1) is 0 Å². The van der Waals surface area contributed by atoms with Crippen molar-refractivity contribution in [1.82, 2.24) is 13.1 Å². The predicted molar refractivity (Wildman–Crippen MR) is 122 cm³/mol. The molecule has 0 radical (unpaired) electrons. The predicted octanol–water partition coefficient (Wildman–Crippen LogP) is 2.93. The van der Waals surface area contributed by atoms with E-state index in [0.717, 1.165) is 31.5 Å². The number of carbonyl (C=O) groups is 2. The van der Waals surface area contributed by atoms with Crippen LogP contribution in [0.4, 0.5) is 4.79 Å². The van der Waals surface area contributed by atoms with Gasteiger partial charge >= 0.3 is 194 Å². The SMILES string of the molecule is CC(C)(C)OC(=O)N1CC[N]([In]2[CH2]CCC[CH]2C(=O)N[C@H](CO)c2ccccc2)CC1. The number of ether oxygens (including phenoxy) is 1. The van der Waals surface area contributed by atoms with Gasteiger partial charge in [-0.1, -0.05) is 0 Å². The maximum atomic E-state index is 13.2. The van der Waals surface area contributed by atoms with E-state index in [0.29, 0.717) is 13.1 Å². The molecule has 2 atom stereocenters. The fourth-order valence-electron chi connectivity index (χ4n) is 4.62. The second kappa shape index (κ2) is 11.1. The van der Waals surface area contributed by atoms with Crippen molar-refractivity contribution in [2.24, 2.45) is 0 Å². The molecule has 3 rings (SSSR count). The van der Waals surface area contributed by atoms with Crippen LogP contribution in [0.25, 0.3) is 0 Å². The number of aliphatic hydroxyl groups excluding tert-OH is 1. The van der Waals surface area contributed by atoms with Crippen molar-refractivity contribution in [1.29, 1.82) is 0 Å². The van der Waals surface area contributed by atoms with Gasteiger partial charge in [-0.05, 0) is 0 Å². The van der Waals surface area contributed by atoms with E-state index in [1.54, 1.807) is 4.90 Å². The van der Waals surface area contributed by atoms with Gasteiger partial charge in [0.15, 0.2) is 0 Å². The Morgan fingerprint density at radius 2 is 1.84 bits per heavy atom. The molecule has 2 heterocycles. The molecule has 31 heavy (non-hydrogen) atoms. The molecule has 1 aromatic carbocycles. The van der Waals surface area contributed by atoms with Gasteiger partial charge in [-0.25, -0.2) is 0 Å². The summed E-state index contributed by atoms with van der Waals surface area (Å²) in [7, 11) is 0. The molecule has 2 amide bonds. The number of piperazine rings is 1. The van der Waals surface area contributed by atoms with Gasteiger partial charge in [0, 0.05) is 0 Å². The fraction of sp³-hybridized carbons (Fsp3) is 0.652. The Morgan fingerprint density at radius 3 is 2.45 bits per heavy atom. The van der Waals surface area contributed by atoms with Crippen molar-refractivity contribution in [2.75, 3.05) is 32.8 Å². The van der Waals surface area contributed by atoms with Crippen LogP contribution in [-0.2, 0) is 9.53 Å². The average Bonchev–Trinajstić information content (AvgIpc) is 2.77. The quantitative estimate of drug-likeness (QED) is 0.609. The molecule has 2 fully saturated rings. The van der Waals surface area contributed by atoms with E-state index in [-0.39, 0.29) is 28.3 Å². The Labute approximate surface area is 194 Å². The van der Waals surface area contributed by atoms with Crippen LogP contribution in [0.15, 0.2) is 30.3 Å². The van der Waals surface area contributed by atoms with Crippen molar-refractivity contribution in [3.63, 3.8) is 0 Å². The summed E-state index contributed by atoms with van der Waals surface area (Å²) < 4.78 is 9.39. The van der Waals surface area contributed by atoms with Gasteiger partial charge < -0.3 is 0 Å². The molecule has 0 aliphatic carbocycles. The summed E-state index contributed by atoms with van der Waals surface area (Å²) in [5.74, 6) is 0.109. The molecule has 1 unspecified atom stereocenters. The molecule has 170 valence electrons. The Morgan fingerprint density at radius 1 is 1.16 bits per heavy atom. The van der Waals surface area contributed by atoms with E-state index in [1.165, 1.54) is 10.6 Å². The molecule has 2 saturated heterocycles. The van der Waals surface area contributed by atoms with Gasteiger partial charge in [0.05, 0.1) is 0 Å².